The molecule has 0 radical (unpaired) electrons. The molecule has 72 heavy (non-hydrogen) atoms. The van der Waals surface area contributed by atoms with E-state index in [1.54, 1.807) is 30.6 Å². The normalized spacial score (nSPS) is 18.2. The Kier molecular flexibility index (Phi) is 17.3. The third-order valence-corrected chi connectivity index (χ3v) is 13.6. The van der Waals surface area contributed by atoms with E-state index in [9.17, 15) is 35.9 Å². The lowest BCUT2D eigenvalue weighted by molar-refractivity contribution is -0.0972. The summed E-state index contributed by atoms with van der Waals surface area (Å²) in [6.07, 6.45) is 5.18. The lowest BCUT2D eigenvalue weighted by Gasteiger charge is -2.32. The first-order valence-corrected chi connectivity index (χ1v) is 25.0. The Morgan fingerprint density at radius 3 is 1.58 bits per heavy atom. The van der Waals surface area contributed by atoms with Crippen LogP contribution in [0.2, 0.25) is 0 Å². The van der Waals surface area contributed by atoms with Crippen LogP contribution in [0, 0.1) is 0 Å². The maximum Gasteiger partial charge on any atom is 0.498 e. The molecule has 2 aromatic carbocycles. The lowest BCUT2D eigenvalue weighted by Crippen LogP contribution is -2.41. The average Bonchev–Trinajstić information content (AvgIpc) is 4.18. The Hall–Kier alpha value is -5.24. The molecule has 7 heterocycles. The van der Waals surface area contributed by atoms with E-state index in [0.717, 1.165) is 8.66 Å². The number of rotatable bonds is 12. The fourth-order valence-electron chi connectivity index (χ4n) is 7.28. The van der Waals surface area contributed by atoms with E-state index < -0.39 is 53.6 Å². The molecule has 14 nitrogen and oxygen atoms in total. The molecule has 3 saturated heterocycles. The number of hydrogen-bond acceptors (Lipinski definition) is 14. The first kappa shape index (κ1) is 54.5. The average molecular weight is 1140 g/mol. The predicted molar refractivity (Wildman–Crippen MR) is 270 cm³/mol. The van der Waals surface area contributed by atoms with Gasteiger partial charge >= 0.3 is 18.3 Å². The SMILES string of the molecule is Brc1ccns1.CC1(C)OB(c2cc(C(=O)Nc3ccc(OC(F)(F)Cl)cc3)cnc2N2CC[C@@H](F)C2)OC1(C)C.O=C(Nc1ccc(OC(F)(F)Cl)cc1)c1cnc(N2CC[C@@H](F)C2)c(-c2ccns2)c1. The van der Waals surface area contributed by atoms with Gasteiger partial charge in [-0.1, -0.05) is 0 Å². The summed E-state index contributed by atoms with van der Waals surface area (Å²) in [6, 6.07) is 17.7. The minimum atomic E-state index is -3.83. The van der Waals surface area contributed by atoms with Crippen molar-refractivity contribution < 1.29 is 54.7 Å². The second-order valence-corrected chi connectivity index (χ2v) is 21.2. The molecular weight excluding hydrogens is 1100 g/mol. The zero-order valence-electron chi connectivity index (χ0n) is 38.6. The van der Waals surface area contributed by atoms with Gasteiger partial charge in [-0.25, -0.2) is 27.5 Å². The summed E-state index contributed by atoms with van der Waals surface area (Å²) in [5, 5.41) is 5.36. The number of carbonyl (C=O) groups is 2. The lowest BCUT2D eigenvalue weighted by atomic mass is 9.78. The number of nitrogens with zero attached hydrogens (tertiary/aromatic N) is 6. The number of anilines is 4. The number of hydrogen-bond donors (Lipinski definition) is 2. The fourth-order valence-corrected chi connectivity index (χ4v) is 8.78. The van der Waals surface area contributed by atoms with Crippen LogP contribution in [-0.4, -0.2) is 98.5 Å². The predicted octanol–water partition coefficient (Wildman–Crippen LogP) is 11.4. The summed E-state index contributed by atoms with van der Waals surface area (Å²) in [5.74, 6) is -0.121. The van der Waals surface area contributed by atoms with Crippen LogP contribution in [0.1, 0.15) is 61.3 Å². The zero-order valence-corrected chi connectivity index (χ0v) is 43.3. The maximum atomic E-state index is 13.9. The highest BCUT2D eigenvalue weighted by Crippen LogP contribution is 2.38. The molecule has 26 heteroatoms. The fraction of sp³-hybridized carbons (Fsp3) is 0.348. The molecule has 0 bridgehead atoms. The van der Waals surface area contributed by atoms with Gasteiger partial charge in [0.15, 0.2) is 0 Å². The minimum absolute atomic E-state index is 0.145. The molecule has 2 N–H and O–H groups in total. The summed E-state index contributed by atoms with van der Waals surface area (Å²) < 4.78 is 108. The van der Waals surface area contributed by atoms with Gasteiger partial charge in [0.2, 0.25) is 0 Å². The van der Waals surface area contributed by atoms with Gasteiger partial charge < -0.3 is 39.2 Å². The third-order valence-electron chi connectivity index (χ3n) is 11.5. The molecule has 0 aliphatic carbocycles. The molecule has 4 aromatic heterocycles. The number of aromatic nitrogens is 4. The van der Waals surface area contributed by atoms with Gasteiger partial charge in [0, 0.05) is 83.5 Å². The Bertz CT molecular complexity index is 2770. The van der Waals surface area contributed by atoms with Gasteiger partial charge in [-0.2, -0.15) is 0 Å². The molecule has 3 fully saturated rings. The first-order chi connectivity index (χ1) is 33.9. The van der Waals surface area contributed by atoms with E-state index >= 15 is 0 Å². The van der Waals surface area contributed by atoms with Crippen LogP contribution in [0.25, 0.3) is 10.4 Å². The number of nitrogens with one attached hydrogen (secondary N) is 2. The molecule has 0 spiro atoms. The molecule has 3 aliphatic heterocycles. The molecule has 2 atom stereocenters. The minimum Gasteiger partial charge on any atom is -0.420 e. The Morgan fingerprint density at radius 2 is 1.18 bits per heavy atom. The van der Waals surface area contributed by atoms with E-state index in [4.69, 9.17) is 32.5 Å². The van der Waals surface area contributed by atoms with Crippen LogP contribution in [0.5, 0.6) is 11.5 Å². The van der Waals surface area contributed by atoms with E-state index in [1.165, 1.54) is 84.0 Å². The van der Waals surface area contributed by atoms with Gasteiger partial charge in [-0.3, -0.25) is 9.59 Å². The molecule has 6 aromatic rings. The molecule has 2 amide bonds. The summed E-state index contributed by atoms with van der Waals surface area (Å²) >= 11 is 15.4. The van der Waals surface area contributed by atoms with Gasteiger partial charge in [0.25, 0.3) is 11.8 Å². The number of halogens is 9. The second-order valence-electron chi connectivity index (χ2n) is 17.2. The highest BCUT2D eigenvalue weighted by Gasteiger charge is 2.53. The van der Waals surface area contributed by atoms with Gasteiger partial charge in [0.1, 0.15) is 35.5 Å². The quantitative estimate of drug-likeness (QED) is 0.0681. The third kappa shape index (κ3) is 14.7. The molecular formula is C46H44BBrCl2F6N8O6S2. The largest absolute Gasteiger partial charge is 0.498 e. The number of carbonyl (C=O) groups excluding carboxylic acids is 2. The summed E-state index contributed by atoms with van der Waals surface area (Å²) in [5.41, 5.74) is -6.44. The van der Waals surface area contributed by atoms with Crippen molar-refractivity contribution in [2.24, 2.45) is 0 Å². The standard InChI is InChI=1S/C23H26BClF3N3O4.C20H16ClF3N4O2S.C3H2BrNS/c1-21(2)22(3,4)35-24(34-21)18-11-14(12-29-19(18)31-10-9-15(26)13-31)20(32)30-16-5-7-17(8-6-16)33-23(25,27)28;21-20(23,24)30-15-3-1-14(2-4-15)27-19(29)12-9-16(17-5-7-26-31-17)18(25-10-12)28-8-6-13(22)11-28;4-3-1-2-5-6-3/h5-8,11-12,15H,9-10,13H2,1-4H3,(H,30,32);1-5,7,9-10,13H,6,8,11H2,(H,27,29);1-2H/t15-;13-;/m11./s1. The molecule has 3 aliphatic rings. The van der Waals surface area contributed by atoms with Crippen molar-refractivity contribution in [3.8, 4) is 21.9 Å². The van der Waals surface area contributed by atoms with Crippen molar-refractivity contribution in [2.45, 2.75) is 75.2 Å². The molecule has 9 rings (SSSR count). The van der Waals surface area contributed by atoms with Crippen LogP contribution in [0.15, 0.2) is 101 Å². The van der Waals surface area contributed by atoms with Crippen molar-refractivity contribution in [1.82, 2.24) is 18.7 Å². The number of benzene rings is 2. The monoisotopic (exact) mass is 1140 g/mol. The topological polar surface area (TPSA) is 153 Å². The van der Waals surface area contributed by atoms with Crippen molar-refractivity contribution in [3.05, 3.63) is 112 Å². The molecule has 0 unspecified atom stereocenters. The Morgan fingerprint density at radius 1 is 0.722 bits per heavy atom. The Balaban J connectivity index is 0.000000190. The van der Waals surface area contributed by atoms with Crippen LogP contribution in [0.4, 0.5) is 49.4 Å². The van der Waals surface area contributed by atoms with Crippen molar-refractivity contribution >= 4 is 110 Å². The van der Waals surface area contributed by atoms with Crippen molar-refractivity contribution in [2.75, 3.05) is 46.6 Å². The van der Waals surface area contributed by atoms with Crippen LogP contribution in [0.3, 0.4) is 0 Å². The van der Waals surface area contributed by atoms with Crippen LogP contribution < -0.4 is 35.4 Å². The van der Waals surface area contributed by atoms with E-state index in [-0.39, 0.29) is 35.7 Å². The summed E-state index contributed by atoms with van der Waals surface area (Å²) in [6.45, 7) is 9.13. The highest BCUT2D eigenvalue weighted by molar-refractivity contribution is 9.11. The van der Waals surface area contributed by atoms with E-state index in [1.807, 2.05) is 43.6 Å². The Labute approximate surface area is 436 Å². The highest BCUT2D eigenvalue weighted by atomic mass is 79.9. The second kappa shape index (κ2) is 22.9. The number of amides is 2. The smallest absolute Gasteiger partial charge is 0.420 e. The van der Waals surface area contributed by atoms with Crippen molar-refractivity contribution in [1.29, 1.82) is 0 Å². The van der Waals surface area contributed by atoms with Crippen molar-refractivity contribution in [3.63, 3.8) is 0 Å². The van der Waals surface area contributed by atoms with Gasteiger partial charge in [-0.15, -0.1) is 17.6 Å². The molecule has 0 saturated carbocycles. The summed E-state index contributed by atoms with van der Waals surface area (Å²) in [7, 11) is -0.803. The van der Waals surface area contributed by atoms with Gasteiger partial charge in [0.05, 0.1) is 44.1 Å². The number of pyridine rings is 2. The van der Waals surface area contributed by atoms with Crippen LogP contribution in [-0.2, 0) is 9.31 Å². The van der Waals surface area contributed by atoms with E-state index in [0.29, 0.717) is 60.0 Å². The molecule has 382 valence electrons. The number of alkyl halides is 8. The first-order valence-electron chi connectivity index (χ1n) is 21.9. The summed E-state index contributed by atoms with van der Waals surface area (Å²) in [4.78, 5) is 39.1. The van der Waals surface area contributed by atoms with Gasteiger partial charge in [-0.05, 0) is 152 Å². The van der Waals surface area contributed by atoms with E-state index in [2.05, 4.69) is 54.8 Å². The maximum absolute atomic E-state index is 13.9. The zero-order chi connectivity index (χ0) is 52.0. The van der Waals surface area contributed by atoms with Crippen LogP contribution >= 0.6 is 62.2 Å². The number of ether oxygens (including phenoxy) is 2.